The van der Waals surface area contributed by atoms with Crippen molar-refractivity contribution in [3.8, 4) is 0 Å². The Labute approximate surface area is 182 Å². The number of anilines is 2. The second-order valence-electron chi connectivity index (χ2n) is 7.62. The topological polar surface area (TPSA) is 112 Å². The highest BCUT2D eigenvalue weighted by molar-refractivity contribution is 6.31. The van der Waals surface area contributed by atoms with Gasteiger partial charge in [0.05, 0.1) is 6.20 Å². The molecule has 1 saturated heterocycles. The van der Waals surface area contributed by atoms with E-state index < -0.39 is 11.9 Å². The molecular weight excluding hydrogens is 418 g/mol. The van der Waals surface area contributed by atoms with Gasteiger partial charge >= 0.3 is 6.03 Å². The van der Waals surface area contributed by atoms with E-state index in [1.54, 1.807) is 16.8 Å². The van der Waals surface area contributed by atoms with Gasteiger partial charge < -0.3 is 16.0 Å². The monoisotopic (exact) mass is 437 g/mol. The molecule has 0 radical (unpaired) electrons. The highest BCUT2D eigenvalue weighted by Gasteiger charge is 2.25. The molecule has 5 rings (SSSR count). The third kappa shape index (κ3) is 3.91. The summed E-state index contributed by atoms with van der Waals surface area (Å²) in [4.78, 5) is 28.0. The van der Waals surface area contributed by atoms with Gasteiger partial charge in [0.25, 0.3) is 5.91 Å². The van der Waals surface area contributed by atoms with Crippen LogP contribution in [0.5, 0.6) is 0 Å². The molecule has 3 heterocycles. The smallest absolute Gasteiger partial charge is 0.326 e. The van der Waals surface area contributed by atoms with Crippen molar-refractivity contribution in [2.75, 3.05) is 10.6 Å². The first-order valence-corrected chi connectivity index (χ1v) is 10.3. The molecule has 3 aromatic rings. The maximum atomic E-state index is 11.9. The number of halogens is 1. The lowest BCUT2D eigenvalue weighted by molar-refractivity contribution is -0.115. The van der Waals surface area contributed by atoms with Crippen molar-refractivity contribution in [1.82, 2.24) is 25.2 Å². The summed E-state index contributed by atoms with van der Waals surface area (Å²) in [6.45, 7) is 2.54. The van der Waals surface area contributed by atoms with E-state index in [4.69, 9.17) is 16.6 Å². The van der Waals surface area contributed by atoms with E-state index in [0.29, 0.717) is 29.6 Å². The van der Waals surface area contributed by atoms with Gasteiger partial charge in [-0.25, -0.2) is 9.78 Å². The Hall–Kier alpha value is -3.59. The van der Waals surface area contributed by atoms with E-state index >= 15 is 0 Å². The van der Waals surface area contributed by atoms with Crippen molar-refractivity contribution in [2.45, 2.75) is 32.4 Å². The highest BCUT2D eigenvalue weighted by atomic mass is 35.5. The minimum Gasteiger partial charge on any atom is -0.367 e. The first-order chi connectivity index (χ1) is 15.0. The first kappa shape index (κ1) is 19.4. The Morgan fingerprint density at radius 1 is 1.29 bits per heavy atom. The Kier molecular flexibility index (Phi) is 4.74. The summed E-state index contributed by atoms with van der Waals surface area (Å²) in [6, 6.07) is 7.60. The fraction of sp³-hybridized carbons (Fsp3) is 0.238. The molecule has 0 atom stereocenters. The number of fused-ring (bicyclic) bond motifs is 1. The van der Waals surface area contributed by atoms with Crippen LogP contribution < -0.4 is 21.3 Å². The van der Waals surface area contributed by atoms with Crippen LogP contribution in [0.25, 0.3) is 11.7 Å². The number of urea groups is 1. The molecule has 0 bridgehead atoms. The van der Waals surface area contributed by atoms with Gasteiger partial charge in [0, 0.05) is 29.2 Å². The number of carbonyl (C=O) groups is 2. The molecule has 31 heavy (non-hydrogen) atoms. The molecule has 0 unspecified atom stereocenters. The van der Waals surface area contributed by atoms with Gasteiger partial charge in [-0.05, 0) is 43.0 Å². The van der Waals surface area contributed by atoms with E-state index in [1.165, 1.54) is 0 Å². The van der Waals surface area contributed by atoms with Gasteiger partial charge in [-0.3, -0.25) is 10.1 Å². The van der Waals surface area contributed by atoms with Crippen LogP contribution in [-0.4, -0.2) is 32.6 Å². The molecule has 1 aliphatic heterocycles. The van der Waals surface area contributed by atoms with Crippen molar-refractivity contribution in [3.05, 3.63) is 57.9 Å². The summed E-state index contributed by atoms with van der Waals surface area (Å²) in [5, 5.41) is 16.7. The number of hydrogen-bond acceptors (Lipinski definition) is 6. The number of rotatable bonds is 6. The summed E-state index contributed by atoms with van der Waals surface area (Å²) in [5.74, 6) is 0.990. The molecule has 2 aliphatic rings. The highest BCUT2D eigenvalue weighted by Crippen LogP contribution is 2.28. The number of amides is 3. The number of aromatic nitrogens is 3. The summed E-state index contributed by atoms with van der Waals surface area (Å²) in [7, 11) is 0. The number of benzene rings is 1. The van der Waals surface area contributed by atoms with Gasteiger partial charge in [-0.2, -0.15) is 9.61 Å². The zero-order valence-corrected chi connectivity index (χ0v) is 17.5. The Bertz CT molecular complexity index is 1250. The summed E-state index contributed by atoms with van der Waals surface area (Å²) in [6.07, 6.45) is 5.41. The quantitative estimate of drug-likeness (QED) is 0.348. The zero-order chi connectivity index (χ0) is 21.5. The second kappa shape index (κ2) is 7.59. The van der Waals surface area contributed by atoms with E-state index in [0.717, 1.165) is 34.8 Å². The molecule has 10 heteroatoms. The lowest BCUT2D eigenvalue weighted by Crippen LogP contribution is -2.22. The SMILES string of the molecule is Cc1c(Cl)cccc1CNc1cc(NC2CC2)n2ncc(/C=C3\NC(=O)NC3=O)c2n1. The molecule has 1 aromatic carbocycles. The van der Waals surface area contributed by atoms with Crippen molar-refractivity contribution in [2.24, 2.45) is 0 Å². The van der Waals surface area contributed by atoms with Crippen molar-refractivity contribution in [1.29, 1.82) is 0 Å². The van der Waals surface area contributed by atoms with Crippen LogP contribution in [0.1, 0.15) is 29.5 Å². The van der Waals surface area contributed by atoms with Gasteiger partial charge in [0.2, 0.25) is 0 Å². The Morgan fingerprint density at radius 2 is 2.13 bits per heavy atom. The standard InChI is InChI=1S/C21H20ClN7O2/c1-11-12(3-2-4-15(11)22)9-23-17-8-18(25-14-5-6-14)29-19(27-17)13(10-24-29)7-16-20(30)28-21(31)26-16/h2-4,7-8,10,14,25H,5-6,9H2,1H3,(H,23,27)(H2,26,28,30,31)/b16-7-. The molecule has 9 nitrogen and oxygen atoms in total. The maximum absolute atomic E-state index is 11.9. The second-order valence-corrected chi connectivity index (χ2v) is 8.03. The first-order valence-electron chi connectivity index (χ1n) is 9.95. The zero-order valence-electron chi connectivity index (χ0n) is 16.7. The molecule has 4 N–H and O–H groups in total. The molecule has 2 fully saturated rings. The molecule has 0 spiro atoms. The van der Waals surface area contributed by atoms with Gasteiger partial charge in [-0.15, -0.1) is 0 Å². The van der Waals surface area contributed by atoms with E-state index in [9.17, 15) is 9.59 Å². The van der Waals surface area contributed by atoms with Crippen LogP contribution in [-0.2, 0) is 11.3 Å². The fourth-order valence-electron chi connectivity index (χ4n) is 3.38. The summed E-state index contributed by atoms with van der Waals surface area (Å²) >= 11 is 6.24. The van der Waals surface area contributed by atoms with Crippen LogP contribution in [0.15, 0.2) is 36.2 Å². The van der Waals surface area contributed by atoms with Gasteiger partial charge in [0.15, 0.2) is 5.65 Å². The van der Waals surface area contributed by atoms with Gasteiger partial charge in [-0.1, -0.05) is 23.7 Å². The van der Waals surface area contributed by atoms with E-state index in [-0.39, 0.29) is 5.70 Å². The van der Waals surface area contributed by atoms with E-state index in [1.807, 2.05) is 31.2 Å². The number of hydrogen-bond donors (Lipinski definition) is 4. The minimum absolute atomic E-state index is 0.159. The maximum Gasteiger partial charge on any atom is 0.326 e. The van der Waals surface area contributed by atoms with Crippen molar-refractivity contribution >= 4 is 46.9 Å². The number of carbonyl (C=O) groups excluding carboxylic acids is 2. The van der Waals surface area contributed by atoms with E-state index in [2.05, 4.69) is 26.4 Å². The number of nitrogens with zero attached hydrogens (tertiary/aromatic N) is 3. The lowest BCUT2D eigenvalue weighted by Gasteiger charge is -2.13. The third-order valence-electron chi connectivity index (χ3n) is 5.29. The summed E-state index contributed by atoms with van der Waals surface area (Å²) in [5.41, 5.74) is 3.44. The largest absolute Gasteiger partial charge is 0.367 e. The van der Waals surface area contributed by atoms with Gasteiger partial charge in [0.1, 0.15) is 17.3 Å². The average molecular weight is 438 g/mol. The lowest BCUT2D eigenvalue weighted by atomic mass is 10.1. The van der Waals surface area contributed by atoms with Crippen LogP contribution >= 0.6 is 11.6 Å². The summed E-state index contributed by atoms with van der Waals surface area (Å²) < 4.78 is 1.70. The van der Waals surface area contributed by atoms with Crippen LogP contribution in [0.2, 0.25) is 5.02 Å². The van der Waals surface area contributed by atoms with Crippen LogP contribution in [0, 0.1) is 6.92 Å². The molecule has 1 aliphatic carbocycles. The normalized spacial score (nSPS) is 17.2. The third-order valence-corrected chi connectivity index (χ3v) is 5.70. The molecule has 1 saturated carbocycles. The van der Waals surface area contributed by atoms with Crippen LogP contribution in [0.3, 0.4) is 0 Å². The fourth-order valence-corrected chi connectivity index (χ4v) is 3.57. The Morgan fingerprint density at radius 3 is 2.87 bits per heavy atom. The molecular formula is C21H20ClN7O2. The molecule has 2 aromatic heterocycles. The average Bonchev–Trinajstić information content (AvgIpc) is 3.37. The molecule has 3 amide bonds. The van der Waals surface area contributed by atoms with Crippen LogP contribution in [0.4, 0.5) is 16.4 Å². The number of imide groups is 1. The Balaban J connectivity index is 1.50. The predicted octanol–water partition coefficient (Wildman–Crippen LogP) is 3.06. The predicted molar refractivity (Wildman–Crippen MR) is 118 cm³/mol. The number of nitrogens with one attached hydrogen (secondary N) is 4. The van der Waals surface area contributed by atoms with Crippen molar-refractivity contribution in [3.63, 3.8) is 0 Å². The van der Waals surface area contributed by atoms with Crippen molar-refractivity contribution < 1.29 is 9.59 Å². The minimum atomic E-state index is -0.545. The molecule has 158 valence electrons.